The van der Waals surface area contributed by atoms with Crippen LogP contribution in [0.1, 0.15) is 40.5 Å². The van der Waals surface area contributed by atoms with Gasteiger partial charge in [0.15, 0.2) is 9.84 Å². The third-order valence-electron chi connectivity index (χ3n) is 5.67. The van der Waals surface area contributed by atoms with Gasteiger partial charge in [-0.15, -0.1) is 0 Å². The molecule has 0 radical (unpaired) electrons. The number of sulfone groups is 1. The molecule has 0 amide bonds. The molecule has 146 valence electrons. The van der Waals surface area contributed by atoms with E-state index in [4.69, 9.17) is 4.74 Å². The van der Waals surface area contributed by atoms with E-state index in [0.29, 0.717) is 22.7 Å². The van der Waals surface area contributed by atoms with E-state index in [0.717, 1.165) is 25.9 Å². The first kappa shape index (κ1) is 19.6. The van der Waals surface area contributed by atoms with E-state index < -0.39 is 15.1 Å². The van der Waals surface area contributed by atoms with Crippen LogP contribution in [0, 0.1) is 0 Å². The van der Waals surface area contributed by atoms with Gasteiger partial charge in [-0.05, 0) is 58.7 Å². The van der Waals surface area contributed by atoms with E-state index in [1.54, 1.807) is 32.0 Å². The van der Waals surface area contributed by atoms with Crippen molar-refractivity contribution >= 4 is 9.84 Å². The molecule has 26 heavy (non-hydrogen) atoms. The van der Waals surface area contributed by atoms with Crippen molar-refractivity contribution in [1.29, 1.82) is 0 Å². The minimum Gasteiger partial charge on any atom is -0.490 e. The molecule has 0 unspecified atom stereocenters. The highest BCUT2D eigenvalue weighted by Gasteiger charge is 2.35. The Hall–Kier alpha value is -1.11. The molecule has 0 aliphatic carbocycles. The summed E-state index contributed by atoms with van der Waals surface area (Å²) in [6.07, 6.45) is 2.17. The molecule has 5 nitrogen and oxygen atoms in total. The summed E-state index contributed by atoms with van der Waals surface area (Å²) in [6, 6.07) is 8.29. The van der Waals surface area contributed by atoms with Crippen LogP contribution in [0.25, 0.3) is 0 Å². The minimum atomic E-state index is -3.26. The van der Waals surface area contributed by atoms with Gasteiger partial charge in [-0.1, -0.05) is 6.07 Å². The second-order valence-electron chi connectivity index (χ2n) is 8.12. The van der Waals surface area contributed by atoms with Crippen LogP contribution in [-0.2, 0) is 9.84 Å². The van der Waals surface area contributed by atoms with Crippen LogP contribution in [-0.4, -0.2) is 67.8 Å². The number of piperidine rings is 1. The van der Waals surface area contributed by atoms with E-state index in [-0.39, 0.29) is 6.10 Å². The SMILES string of the molecule is CC(C)N1CC(N2CCC(Oc3cccc(S(=O)(=O)C(C)C)c3)CC2)C1. The first-order valence-corrected chi connectivity index (χ1v) is 11.3. The number of rotatable bonds is 6. The van der Waals surface area contributed by atoms with Crippen LogP contribution in [0.2, 0.25) is 0 Å². The van der Waals surface area contributed by atoms with Crippen molar-refractivity contribution in [1.82, 2.24) is 9.80 Å². The number of nitrogens with zero attached hydrogens (tertiary/aromatic N) is 2. The molecule has 2 heterocycles. The van der Waals surface area contributed by atoms with Crippen LogP contribution in [0.5, 0.6) is 5.75 Å². The maximum absolute atomic E-state index is 12.3. The third-order valence-corrected chi connectivity index (χ3v) is 7.82. The average Bonchev–Trinajstić information content (AvgIpc) is 2.55. The summed E-state index contributed by atoms with van der Waals surface area (Å²) in [5.74, 6) is 0.666. The summed E-state index contributed by atoms with van der Waals surface area (Å²) in [4.78, 5) is 5.44. The lowest BCUT2D eigenvalue weighted by Crippen LogP contribution is -2.62. The molecule has 0 aromatic heterocycles. The Balaban J connectivity index is 1.52. The molecule has 0 atom stereocenters. The summed E-state index contributed by atoms with van der Waals surface area (Å²) in [5.41, 5.74) is 0. The fraction of sp³-hybridized carbons (Fsp3) is 0.700. The Kier molecular flexibility index (Phi) is 5.94. The fourth-order valence-corrected chi connectivity index (χ4v) is 4.78. The van der Waals surface area contributed by atoms with Gasteiger partial charge in [-0.2, -0.15) is 0 Å². The number of ether oxygens (including phenoxy) is 1. The van der Waals surface area contributed by atoms with E-state index in [1.165, 1.54) is 13.1 Å². The molecular formula is C20H32N2O3S. The van der Waals surface area contributed by atoms with E-state index in [1.807, 2.05) is 6.07 Å². The minimum absolute atomic E-state index is 0.171. The maximum atomic E-state index is 12.3. The first-order chi connectivity index (χ1) is 12.3. The van der Waals surface area contributed by atoms with Gasteiger partial charge in [0.1, 0.15) is 11.9 Å². The zero-order valence-corrected chi connectivity index (χ0v) is 17.2. The van der Waals surface area contributed by atoms with Gasteiger partial charge in [-0.3, -0.25) is 9.80 Å². The Morgan fingerprint density at radius 3 is 2.31 bits per heavy atom. The van der Waals surface area contributed by atoms with Gasteiger partial charge in [0, 0.05) is 38.3 Å². The molecule has 1 aromatic rings. The molecule has 2 fully saturated rings. The quantitative estimate of drug-likeness (QED) is 0.760. The molecule has 0 saturated carbocycles. The predicted molar refractivity (Wildman–Crippen MR) is 104 cm³/mol. The standard InChI is InChI=1S/C20H32N2O3S/c1-15(2)22-13-17(14-22)21-10-8-18(9-11-21)25-19-6-5-7-20(12-19)26(23,24)16(3)4/h5-7,12,15-18H,8-11,13-14H2,1-4H3. The second-order valence-corrected chi connectivity index (χ2v) is 10.6. The molecule has 0 bridgehead atoms. The van der Waals surface area contributed by atoms with Crippen LogP contribution in [0.4, 0.5) is 0 Å². The summed E-state index contributed by atoms with van der Waals surface area (Å²) < 4.78 is 30.8. The molecule has 1 aromatic carbocycles. The fourth-order valence-electron chi connectivity index (χ4n) is 3.69. The molecule has 2 saturated heterocycles. The molecule has 0 N–H and O–H groups in total. The number of benzene rings is 1. The van der Waals surface area contributed by atoms with Crippen molar-refractivity contribution < 1.29 is 13.2 Å². The normalized spacial score (nSPS) is 21.3. The zero-order chi connectivity index (χ0) is 18.9. The molecule has 6 heteroatoms. The van der Waals surface area contributed by atoms with Crippen LogP contribution >= 0.6 is 0 Å². The number of likely N-dealkylation sites (tertiary alicyclic amines) is 2. The third kappa shape index (κ3) is 4.24. The van der Waals surface area contributed by atoms with Gasteiger partial charge in [0.05, 0.1) is 10.1 Å². The lowest BCUT2D eigenvalue weighted by Gasteiger charge is -2.49. The van der Waals surface area contributed by atoms with Crippen molar-refractivity contribution in [3.8, 4) is 5.75 Å². The number of hydrogen-bond acceptors (Lipinski definition) is 5. The molecule has 3 rings (SSSR count). The smallest absolute Gasteiger partial charge is 0.180 e. The lowest BCUT2D eigenvalue weighted by atomic mass is 10.00. The van der Waals surface area contributed by atoms with Crippen molar-refractivity contribution in [3.05, 3.63) is 24.3 Å². The van der Waals surface area contributed by atoms with Crippen LogP contribution in [0.3, 0.4) is 0 Å². The van der Waals surface area contributed by atoms with Gasteiger partial charge < -0.3 is 4.74 Å². The maximum Gasteiger partial charge on any atom is 0.180 e. The van der Waals surface area contributed by atoms with Crippen molar-refractivity contribution in [3.63, 3.8) is 0 Å². The Labute approximate surface area is 158 Å². The first-order valence-electron chi connectivity index (χ1n) is 9.76. The highest BCUT2D eigenvalue weighted by molar-refractivity contribution is 7.92. The molecule has 0 spiro atoms. The van der Waals surface area contributed by atoms with E-state index >= 15 is 0 Å². The summed E-state index contributed by atoms with van der Waals surface area (Å²) in [6.45, 7) is 12.4. The van der Waals surface area contributed by atoms with Crippen molar-refractivity contribution in [2.45, 2.75) is 68.9 Å². The van der Waals surface area contributed by atoms with Crippen LogP contribution in [0.15, 0.2) is 29.2 Å². The van der Waals surface area contributed by atoms with Gasteiger partial charge >= 0.3 is 0 Å². The Morgan fingerprint density at radius 1 is 1.08 bits per heavy atom. The summed E-state index contributed by atoms with van der Waals surface area (Å²) >= 11 is 0. The monoisotopic (exact) mass is 380 g/mol. The topological polar surface area (TPSA) is 49.9 Å². The summed E-state index contributed by atoms with van der Waals surface area (Å²) in [7, 11) is -3.26. The highest BCUT2D eigenvalue weighted by atomic mass is 32.2. The van der Waals surface area contributed by atoms with E-state index in [9.17, 15) is 8.42 Å². The van der Waals surface area contributed by atoms with E-state index in [2.05, 4.69) is 23.6 Å². The average molecular weight is 381 g/mol. The molecule has 2 aliphatic rings. The highest BCUT2D eigenvalue weighted by Crippen LogP contribution is 2.26. The van der Waals surface area contributed by atoms with Crippen molar-refractivity contribution in [2.75, 3.05) is 26.2 Å². The van der Waals surface area contributed by atoms with Gasteiger partial charge in [-0.25, -0.2) is 8.42 Å². The molecular weight excluding hydrogens is 348 g/mol. The largest absolute Gasteiger partial charge is 0.490 e. The second kappa shape index (κ2) is 7.87. The summed E-state index contributed by atoms with van der Waals surface area (Å²) in [5, 5.41) is -0.422. The van der Waals surface area contributed by atoms with Gasteiger partial charge in [0.2, 0.25) is 0 Å². The number of hydrogen-bond donors (Lipinski definition) is 0. The van der Waals surface area contributed by atoms with Crippen molar-refractivity contribution in [2.24, 2.45) is 0 Å². The predicted octanol–water partition coefficient (Wildman–Crippen LogP) is 2.80. The molecule has 2 aliphatic heterocycles. The Morgan fingerprint density at radius 2 is 1.73 bits per heavy atom. The van der Waals surface area contributed by atoms with Gasteiger partial charge in [0.25, 0.3) is 0 Å². The Bertz CT molecular complexity index is 704. The zero-order valence-electron chi connectivity index (χ0n) is 16.4. The van der Waals surface area contributed by atoms with Crippen LogP contribution < -0.4 is 4.74 Å². The lowest BCUT2D eigenvalue weighted by molar-refractivity contribution is -0.0125.